The van der Waals surface area contributed by atoms with Crippen LogP contribution in [0.3, 0.4) is 0 Å². The maximum absolute atomic E-state index is 5.09. The Labute approximate surface area is 117 Å². The van der Waals surface area contributed by atoms with Crippen molar-refractivity contribution in [3.63, 3.8) is 0 Å². The van der Waals surface area contributed by atoms with Crippen molar-refractivity contribution in [1.29, 1.82) is 0 Å². The van der Waals surface area contributed by atoms with Crippen molar-refractivity contribution in [3.8, 4) is 0 Å². The molecule has 1 saturated carbocycles. The highest BCUT2D eigenvalue weighted by molar-refractivity contribution is 5.80. The summed E-state index contributed by atoms with van der Waals surface area (Å²) < 4.78 is 5.09. The van der Waals surface area contributed by atoms with Crippen LogP contribution in [0.25, 0.3) is 0 Å². The van der Waals surface area contributed by atoms with Gasteiger partial charge in [-0.05, 0) is 31.6 Å². The lowest BCUT2D eigenvalue weighted by atomic mass is 9.73. The van der Waals surface area contributed by atoms with Crippen LogP contribution < -0.4 is 5.32 Å². The number of hydrogen-bond acceptors (Lipinski definition) is 2. The van der Waals surface area contributed by atoms with Gasteiger partial charge in [0.25, 0.3) is 0 Å². The predicted octanol–water partition coefficient (Wildman–Crippen LogP) is 2.25. The van der Waals surface area contributed by atoms with E-state index in [1.807, 2.05) is 0 Å². The van der Waals surface area contributed by atoms with Crippen molar-refractivity contribution in [1.82, 2.24) is 10.2 Å². The second-order valence-corrected chi connectivity index (χ2v) is 5.96. The van der Waals surface area contributed by atoms with Crippen LogP contribution in [0.1, 0.15) is 45.4 Å². The molecule has 1 spiro atoms. The van der Waals surface area contributed by atoms with E-state index in [1.165, 1.54) is 51.6 Å². The topological polar surface area (TPSA) is 36.9 Å². The third kappa shape index (κ3) is 3.85. The fraction of sp³-hybridized carbons (Fsp3) is 0.933. The number of rotatable bonds is 4. The first-order valence-corrected chi connectivity index (χ1v) is 7.82. The quantitative estimate of drug-likeness (QED) is 0.482. The van der Waals surface area contributed by atoms with Crippen LogP contribution in [0.2, 0.25) is 0 Å². The van der Waals surface area contributed by atoms with Gasteiger partial charge in [0.15, 0.2) is 5.96 Å². The molecule has 1 aliphatic heterocycles. The number of nitrogens with zero attached hydrogens (tertiary/aromatic N) is 2. The summed E-state index contributed by atoms with van der Waals surface area (Å²) in [6, 6.07) is 0. The third-order valence-electron chi connectivity index (χ3n) is 4.54. The Morgan fingerprint density at radius 2 is 2.05 bits per heavy atom. The van der Waals surface area contributed by atoms with Crippen LogP contribution in [0.4, 0.5) is 0 Å². The van der Waals surface area contributed by atoms with Gasteiger partial charge in [-0.3, -0.25) is 4.99 Å². The SMILES string of the molecule is CCNC(=NCCOC)N1CCC2(CCCCC2)C1. The molecule has 110 valence electrons. The molecular formula is C15H29N3O. The van der Waals surface area contributed by atoms with Crippen LogP contribution in [-0.4, -0.2) is 50.8 Å². The van der Waals surface area contributed by atoms with Crippen molar-refractivity contribution in [2.45, 2.75) is 45.4 Å². The molecular weight excluding hydrogens is 238 g/mol. The van der Waals surface area contributed by atoms with Gasteiger partial charge in [0, 0.05) is 26.7 Å². The van der Waals surface area contributed by atoms with Gasteiger partial charge < -0.3 is 15.0 Å². The highest BCUT2D eigenvalue weighted by atomic mass is 16.5. The lowest BCUT2D eigenvalue weighted by Crippen LogP contribution is -2.41. The first-order valence-electron chi connectivity index (χ1n) is 7.82. The molecule has 2 rings (SSSR count). The van der Waals surface area contributed by atoms with E-state index in [-0.39, 0.29) is 0 Å². The lowest BCUT2D eigenvalue weighted by Gasteiger charge is -2.33. The summed E-state index contributed by atoms with van der Waals surface area (Å²) in [6.07, 6.45) is 8.46. The molecule has 1 saturated heterocycles. The van der Waals surface area contributed by atoms with E-state index >= 15 is 0 Å². The van der Waals surface area contributed by atoms with Crippen molar-refractivity contribution >= 4 is 5.96 Å². The molecule has 19 heavy (non-hydrogen) atoms. The van der Waals surface area contributed by atoms with E-state index in [2.05, 4.69) is 22.1 Å². The molecule has 1 aliphatic carbocycles. The number of likely N-dealkylation sites (tertiary alicyclic amines) is 1. The van der Waals surface area contributed by atoms with E-state index in [4.69, 9.17) is 4.74 Å². The third-order valence-corrected chi connectivity index (χ3v) is 4.54. The molecule has 1 N–H and O–H groups in total. The average Bonchev–Trinajstić information content (AvgIpc) is 2.82. The summed E-state index contributed by atoms with van der Waals surface area (Å²) in [7, 11) is 1.73. The Bertz CT molecular complexity index is 298. The Morgan fingerprint density at radius 3 is 2.74 bits per heavy atom. The molecule has 0 aromatic carbocycles. The van der Waals surface area contributed by atoms with Gasteiger partial charge in [0.1, 0.15) is 0 Å². The summed E-state index contributed by atoms with van der Waals surface area (Å²) in [6.45, 7) is 6.90. The minimum atomic E-state index is 0.593. The van der Waals surface area contributed by atoms with E-state index in [0.717, 1.165) is 19.0 Å². The summed E-state index contributed by atoms with van der Waals surface area (Å²) in [4.78, 5) is 7.13. The summed E-state index contributed by atoms with van der Waals surface area (Å²) in [5.74, 6) is 1.09. The van der Waals surface area contributed by atoms with Gasteiger partial charge in [-0.25, -0.2) is 0 Å². The van der Waals surface area contributed by atoms with Crippen molar-refractivity contribution in [3.05, 3.63) is 0 Å². The van der Waals surface area contributed by atoms with Crippen LogP contribution in [-0.2, 0) is 4.74 Å². The average molecular weight is 267 g/mol. The van der Waals surface area contributed by atoms with Gasteiger partial charge >= 0.3 is 0 Å². The second kappa shape index (κ2) is 7.13. The van der Waals surface area contributed by atoms with E-state index < -0.39 is 0 Å². The predicted molar refractivity (Wildman–Crippen MR) is 79.6 cm³/mol. The van der Waals surface area contributed by atoms with E-state index in [0.29, 0.717) is 12.0 Å². The highest BCUT2D eigenvalue weighted by Crippen LogP contribution is 2.43. The van der Waals surface area contributed by atoms with Gasteiger partial charge in [-0.1, -0.05) is 19.3 Å². The van der Waals surface area contributed by atoms with E-state index in [9.17, 15) is 0 Å². The minimum Gasteiger partial charge on any atom is -0.383 e. The molecule has 0 aromatic heterocycles. The molecule has 0 amide bonds. The number of methoxy groups -OCH3 is 1. The fourth-order valence-corrected chi connectivity index (χ4v) is 3.49. The number of nitrogens with one attached hydrogen (secondary N) is 1. The molecule has 1 heterocycles. The zero-order chi connectivity index (χ0) is 13.6. The molecule has 0 unspecified atom stereocenters. The van der Waals surface area contributed by atoms with Crippen molar-refractivity contribution in [2.75, 3.05) is 39.9 Å². The van der Waals surface area contributed by atoms with Gasteiger partial charge in [0.05, 0.1) is 13.2 Å². The maximum Gasteiger partial charge on any atom is 0.194 e. The van der Waals surface area contributed by atoms with Gasteiger partial charge in [0.2, 0.25) is 0 Å². The summed E-state index contributed by atoms with van der Waals surface area (Å²) in [5.41, 5.74) is 0.593. The molecule has 2 fully saturated rings. The normalized spacial score (nSPS) is 23.1. The molecule has 0 bridgehead atoms. The summed E-state index contributed by atoms with van der Waals surface area (Å²) in [5, 5.41) is 3.43. The zero-order valence-corrected chi connectivity index (χ0v) is 12.6. The highest BCUT2D eigenvalue weighted by Gasteiger charge is 2.39. The Morgan fingerprint density at radius 1 is 1.26 bits per heavy atom. The number of guanidine groups is 1. The van der Waals surface area contributed by atoms with Gasteiger partial charge in [-0.15, -0.1) is 0 Å². The molecule has 0 atom stereocenters. The molecule has 0 aromatic rings. The fourth-order valence-electron chi connectivity index (χ4n) is 3.49. The van der Waals surface area contributed by atoms with Crippen molar-refractivity contribution in [2.24, 2.45) is 10.4 Å². The zero-order valence-electron chi connectivity index (χ0n) is 12.6. The van der Waals surface area contributed by atoms with Crippen molar-refractivity contribution < 1.29 is 4.74 Å². The maximum atomic E-state index is 5.09. The molecule has 0 radical (unpaired) electrons. The van der Waals surface area contributed by atoms with Crippen LogP contribution in [0, 0.1) is 5.41 Å². The lowest BCUT2D eigenvalue weighted by molar-refractivity contribution is 0.201. The Balaban J connectivity index is 1.93. The monoisotopic (exact) mass is 267 g/mol. The first kappa shape index (κ1) is 14.6. The minimum absolute atomic E-state index is 0.593. The van der Waals surface area contributed by atoms with E-state index in [1.54, 1.807) is 7.11 Å². The molecule has 2 aliphatic rings. The number of ether oxygens (including phenoxy) is 1. The smallest absolute Gasteiger partial charge is 0.194 e. The first-order chi connectivity index (χ1) is 9.29. The number of hydrogen-bond donors (Lipinski definition) is 1. The van der Waals surface area contributed by atoms with Crippen LogP contribution in [0.5, 0.6) is 0 Å². The largest absolute Gasteiger partial charge is 0.383 e. The second-order valence-electron chi connectivity index (χ2n) is 5.96. The summed E-state index contributed by atoms with van der Waals surface area (Å²) >= 11 is 0. The molecule has 4 nitrogen and oxygen atoms in total. The standard InChI is InChI=1S/C15H29N3O/c1-3-16-14(17-10-12-19-2)18-11-9-15(13-18)7-5-4-6-8-15/h3-13H2,1-2H3,(H,16,17). The van der Waals surface area contributed by atoms with Crippen LogP contribution >= 0.6 is 0 Å². The van der Waals surface area contributed by atoms with Crippen LogP contribution in [0.15, 0.2) is 4.99 Å². The number of aliphatic imine (C=N–C) groups is 1. The van der Waals surface area contributed by atoms with Gasteiger partial charge in [-0.2, -0.15) is 0 Å². The molecule has 4 heteroatoms. The Kier molecular flexibility index (Phi) is 5.49. The Hall–Kier alpha value is -0.770.